The number of ether oxygens (including phenoxy) is 3. The zero-order valence-electron chi connectivity index (χ0n) is 17.1. The molecular weight excluding hydrogens is 372 g/mol. The van der Waals surface area contributed by atoms with Crippen molar-refractivity contribution in [3.8, 4) is 17.2 Å². The molecule has 2 aromatic rings. The third-order valence-electron chi connectivity index (χ3n) is 4.11. The van der Waals surface area contributed by atoms with Crippen LogP contribution in [0.4, 0.5) is 5.69 Å². The molecule has 0 aliphatic heterocycles. The van der Waals surface area contributed by atoms with Gasteiger partial charge >= 0.3 is 0 Å². The van der Waals surface area contributed by atoms with Crippen LogP contribution >= 0.6 is 0 Å². The Kier molecular flexibility index (Phi) is 8.09. The maximum Gasteiger partial charge on any atom is 0.253 e. The first kappa shape index (κ1) is 21.8. The van der Waals surface area contributed by atoms with Crippen LogP contribution in [-0.4, -0.2) is 39.7 Å². The number of hydrogen-bond acceptors (Lipinski definition) is 5. The zero-order valence-corrected chi connectivity index (χ0v) is 17.1. The second-order valence-electron chi connectivity index (χ2n) is 6.05. The van der Waals surface area contributed by atoms with Crippen molar-refractivity contribution in [1.29, 1.82) is 0 Å². The van der Waals surface area contributed by atoms with Crippen LogP contribution in [0.3, 0.4) is 0 Å². The summed E-state index contributed by atoms with van der Waals surface area (Å²) in [7, 11) is 4.56. The Morgan fingerprint density at radius 2 is 1.69 bits per heavy atom. The molecule has 7 nitrogen and oxygen atoms in total. The molecule has 2 N–H and O–H groups in total. The lowest BCUT2D eigenvalue weighted by Gasteiger charge is -2.14. The Hall–Kier alpha value is -3.48. The standard InChI is InChI=1S/C22H26N2O5/c1-5-14-23-22(26)16-8-6-7-9-17(16)24-19(25)13-11-15-10-12-18(27-2)21(29-4)20(15)28-3/h6-13H,5,14H2,1-4H3,(H,23,26)(H,24,25)/b13-11+. The number of carbonyl (C=O) groups excluding carboxylic acids is 2. The molecule has 0 radical (unpaired) electrons. The van der Waals surface area contributed by atoms with Crippen LogP contribution in [0.15, 0.2) is 42.5 Å². The molecule has 2 amide bonds. The van der Waals surface area contributed by atoms with E-state index in [0.717, 1.165) is 6.42 Å². The highest BCUT2D eigenvalue weighted by atomic mass is 16.5. The summed E-state index contributed by atoms with van der Waals surface area (Å²) < 4.78 is 16.0. The fourth-order valence-corrected chi connectivity index (χ4v) is 2.72. The number of hydrogen-bond donors (Lipinski definition) is 2. The van der Waals surface area contributed by atoms with Crippen molar-refractivity contribution in [2.75, 3.05) is 33.2 Å². The Morgan fingerprint density at radius 1 is 0.966 bits per heavy atom. The van der Waals surface area contributed by atoms with E-state index in [4.69, 9.17) is 14.2 Å². The van der Waals surface area contributed by atoms with Gasteiger partial charge in [-0.05, 0) is 36.8 Å². The molecule has 0 aliphatic rings. The van der Waals surface area contributed by atoms with Gasteiger partial charge in [-0.15, -0.1) is 0 Å². The van der Waals surface area contributed by atoms with E-state index in [1.54, 1.807) is 42.5 Å². The second kappa shape index (κ2) is 10.8. The van der Waals surface area contributed by atoms with Gasteiger partial charge < -0.3 is 24.8 Å². The topological polar surface area (TPSA) is 85.9 Å². The molecule has 0 atom stereocenters. The summed E-state index contributed by atoms with van der Waals surface area (Å²) >= 11 is 0. The molecule has 0 fully saturated rings. The fraction of sp³-hybridized carbons (Fsp3) is 0.273. The predicted molar refractivity (Wildman–Crippen MR) is 113 cm³/mol. The lowest BCUT2D eigenvalue weighted by Crippen LogP contribution is -2.25. The summed E-state index contributed by atoms with van der Waals surface area (Å²) in [6.07, 6.45) is 3.80. The van der Waals surface area contributed by atoms with E-state index in [9.17, 15) is 9.59 Å². The Labute approximate surface area is 170 Å². The maximum absolute atomic E-state index is 12.4. The molecule has 29 heavy (non-hydrogen) atoms. The molecular formula is C22H26N2O5. The van der Waals surface area contributed by atoms with Crippen molar-refractivity contribution in [2.24, 2.45) is 0 Å². The molecule has 0 saturated heterocycles. The number of rotatable bonds is 9. The van der Waals surface area contributed by atoms with Gasteiger partial charge in [0, 0.05) is 18.2 Å². The van der Waals surface area contributed by atoms with Crippen molar-refractivity contribution < 1.29 is 23.8 Å². The smallest absolute Gasteiger partial charge is 0.253 e. The average molecular weight is 398 g/mol. The molecule has 0 spiro atoms. The van der Waals surface area contributed by atoms with Crippen LogP contribution in [-0.2, 0) is 4.79 Å². The fourth-order valence-electron chi connectivity index (χ4n) is 2.72. The van der Waals surface area contributed by atoms with E-state index in [1.165, 1.54) is 27.4 Å². The molecule has 2 aromatic carbocycles. The quantitative estimate of drug-likeness (QED) is 0.632. The first-order chi connectivity index (χ1) is 14.0. The number of para-hydroxylation sites is 1. The number of methoxy groups -OCH3 is 3. The van der Waals surface area contributed by atoms with Gasteiger partial charge in [0.1, 0.15) is 0 Å². The molecule has 0 bridgehead atoms. The average Bonchev–Trinajstić information content (AvgIpc) is 2.75. The van der Waals surface area contributed by atoms with Crippen LogP contribution in [0.1, 0.15) is 29.3 Å². The number of benzene rings is 2. The molecule has 0 saturated carbocycles. The summed E-state index contributed by atoms with van der Waals surface area (Å²) in [6.45, 7) is 2.54. The molecule has 2 rings (SSSR count). The summed E-state index contributed by atoms with van der Waals surface area (Å²) in [5, 5.41) is 5.55. The molecule has 7 heteroatoms. The minimum absolute atomic E-state index is 0.228. The largest absolute Gasteiger partial charge is 0.493 e. The van der Waals surface area contributed by atoms with E-state index in [1.807, 2.05) is 6.92 Å². The first-order valence-electron chi connectivity index (χ1n) is 9.20. The van der Waals surface area contributed by atoms with Crippen molar-refractivity contribution in [3.05, 3.63) is 53.6 Å². The van der Waals surface area contributed by atoms with Crippen molar-refractivity contribution in [3.63, 3.8) is 0 Å². The number of amides is 2. The third kappa shape index (κ3) is 5.51. The highest BCUT2D eigenvalue weighted by molar-refractivity contribution is 6.07. The Balaban J connectivity index is 2.20. The van der Waals surface area contributed by atoms with E-state index >= 15 is 0 Å². The zero-order chi connectivity index (χ0) is 21.2. The lowest BCUT2D eigenvalue weighted by molar-refractivity contribution is -0.111. The summed E-state index contributed by atoms with van der Waals surface area (Å²) in [4.78, 5) is 24.7. The maximum atomic E-state index is 12.4. The van der Waals surface area contributed by atoms with Crippen LogP contribution in [0, 0.1) is 0 Å². The highest BCUT2D eigenvalue weighted by Crippen LogP contribution is 2.40. The molecule has 0 heterocycles. The van der Waals surface area contributed by atoms with Gasteiger partial charge in [0.25, 0.3) is 5.91 Å². The second-order valence-corrected chi connectivity index (χ2v) is 6.05. The molecule has 154 valence electrons. The monoisotopic (exact) mass is 398 g/mol. The van der Waals surface area contributed by atoms with Gasteiger partial charge in [0.2, 0.25) is 11.7 Å². The van der Waals surface area contributed by atoms with Crippen LogP contribution in [0.25, 0.3) is 6.08 Å². The molecule has 0 aliphatic carbocycles. The van der Waals surface area contributed by atoms with Crippen LogP contribution in [0.2, 0.25) is 0 Å². The van der Waals surface area contributed by atoms with Crippen molar-refractivity contribution in [2.45, 2.75) is 13.3 Å². The first-order valence-corrected chi connectivity index (χ1v) is 9.20. The SMILES string of the molecule is CCCNC(=O)c1ccccc1NC(=O)/C=C/c1ccc(OC)c(OC)c1OC. The third-order valence-corrected chi connectivity index (χ3v) is 4.11. The van der Waals surface area contributed by atoms with Gasteiger partial charge in [-0.1, -0.05) is 19.1 Å². The van der Waals surface area contributed by atoms with Gasteiger partial charge in [-0.3, -0.25) is 9.59 Å². The van der Waals surface area contributed by atoms with Crippen LogP contribution in [0.5, 0.6) is 17.2 Å². The summed E-state index contributed by atoms with van der Waals surface area (Å²) in [6, 6.07) is 10.3. The summed E-state index contributed by atoms with van der Waals surface area (Å²) in [5.74, 6) is 0.814. The Bertz CT molecular complexity index is 893. The van der Waals surface area contributed by atoms with E-state index in [0.29, 0.717) is 40.6 Å². The molecule has 0 unspecified atom stereocenters. The normalized spacial score (nSPS) is 10.5. The number of nitrogens with one attached hydrogen (secondary N) is 2. The van der Waals surface area contributed by atoms with Crippen molar-refractivity contribution >= 4 is 23.6 Å². The van der Waals surface area contributed by atoms with Gasteiger partial charge in [-0.2, -0.15) is 0 Å². The molecule has 0 aromatic heterocycles. The van der Waals surface area contributed by atoms with Gasteiger partial charge in [0.05, 0.1) is 32.6 Å². The predicted octanol–water partition coefficient (Wildman–Crippen LogP) is 3.50. The summed E-state index contributed by atoms with van der Waals surface area (Å²) in [5.41, 5.74) is 1.50. The van der Waals surface area contributed by atoms with Gasteiger partial charge in [-0.25, -0.2) is 0 Å². The number of carbonyl (C=O) groups is 2. The van der Waals surface area contributed by atoms with Crippen molar-refractivity contribution in [1.82, 2.24) is 5.32 Å². The minimum Gasteiger partial charge on any atom is -0.493 e. The number of anilines is 1. The highest BCUT2D eigenvalue weighted by Gasteiger charge is 2.15. The van der Waals surface area contributed by atoms with Gasteiger partial charge in [0.15, 0.2) is 11.5 Å². The van der Waals surface area contributed by atoms with E-state index in [2.05, 4.69) is 10.6 Å². The van der Waals surface area contributed by atoms with Crippen LogP contribution < -0.4 is 24.8 Å². The van der Waals surface area contributed by atoms with E-state index in [-0.39, 0.29) is 11.8 Å². The Morgan fingerprint density at radius 3 is 2.34 bits per heavy atom. The lowest BCUT2D eigenvalue weighted by atomic mass is 10.1. The van der Waals surface area contributed by atoms with E-state index < -0.39 is 0 Å². The minimum atomic E-state index is -0.377.